The molecule has 0 amide bonds. The summed E-state index contributed by atoms with van der Waals surface area (Å²) in [5.41, 5.74) is 0. The van der Waals surface area contributed by atoms with Crippen molar-refractivity contribution >= 4 is 14.9 Å². The molecule has 0 bridgehead atoms. The fourth-order valence-electron chi connectivity index (χ4n) is 1.44. The second-order valence-electron chi connectivity index (χ2n) is 3.41. The first-order chi connectivity index (χ1) is 7.36. The van der Waals surface area contributed by atoms with Crippen LogP contribution in [0.5, 0.6) is 0 Å². The maximum atomic E-state index is 3.55. The molecular formula is C11H21N3Si. The molecule has 0 spiro atoms. The second kappa shape index (κ2) is 7.59. The van der Waals surface area contributed by atoms with Crippen LogP contribution in [0.15, 0.2) is 30.3 Å². The van der Waals surface area contributed by atoms with E-state index in [0.29, 0.717) is 0 Å². The van der Waals surface area contributed by atoms with E-state index in [1.165, 1.54) is 5.19 Å². The summed E-state index contributed by atoms with van der Waals surface area (Å²) in [7, 11) is -0.374. The minimum absolute atomic E-state index is 0.256. The van der Waals surface area contributed by atoms with E-state index >= 15 is 0 Å². The van der Waals surface area contributed by atoms with Gasteiger partial charge in [0, 0.05) is 0 Å². The zero-order chi connectivity index (χ0) is 10.9. The van der Waals surface area contributed by atoms with Crippen LogP contribution in [-0.2, 0) is 0 Å². The fourth-order valence-corrected chi connectivity index (χ4v) is 2.68. The van der Waals surface area contributed by atoms with E-state index in [2.05, 4.69) is 59.8 Å². The summed E-state index contributed by atoms with van der Waals surface area (Å²) in [6.45, 7) is 6.20. The molecule has 0 unspecified atom stereocenters. The predicted molar refractivity (Wildman–Crippen MR) is 68.9 cm³/mol. The van der Waals surface area contributed by atoms with E-state index in [4.69, 9.17) is 0 Å². The molecule has 3 N–H and O–H groups in total. The molecule has 0 radical (unpaired) electrons. The third-order valence-corrected chi connectivity index (χ3v) is 3.66. The molecule has 1 rings (SSSR count). The standard InChI is InChI=1S/C11H21N3Si/c1-3-12-11(13-4-2)14-15-10-8-6-5-7-9-10/h5-9,11-14H,3-4,15H2,1-2H3. The smallest absolute Gasteiger partial charge is 0.127 e. The van der Waals surface area contributed by atoms with Crippen molar-refractivity contribution in [3.63, 3.8) is 0 Å². The average Bonchev–Trinajstić information content (AvgIpc) is 2.28. The minimum atomic E-state index is -0.374. The van der Waals surface area contributed by atoms with Crippen LogP contribution in [0, 0.1) is 0 Å². The van der Waals surface area contributed by atoms with E-state index < -0.39 is 0 Å². The first-order valence-corrected chi connectivity index (χ1v) is 7.02. The van der Waals surface area contributed by atoms with E-state index in [0.717, 1.165) is 13.1 Å². The highest BCUT2D eigenvalue weighted by molar-refractivity contribution is 6.50. The van der Waals surface area contributed by atoms with E-state index in [1.54, 1.807) is 0 Å². The van der Waals surface area contributed by atoms with Gasteiger partial charge in [-0.3, -0.25) is 10.6 Å². The van der Waals surface area contributed by atoms with E-state index in [9.17, 15) is 0 Å². The van der Waals surface area contributed by atoms with Gasteiger partial charge in [-0.15, -0.1) is 0 Å². The minimum Gasteiger partial charge on any atom is -0.312 e. The van der Waals surface area contributed by atoms with Crippen molar-refractivity contribution in [2.75, 3.05) is 13.1 Å². The molecule has 4 heteroatoms. The van der Waals surface area contributed by atoms with Crippen molar-refractivity contribution in [2.45, 2.75) is 20.1 Å². The van der Waals surface area contributed by atoms with Gasteiger partial charge in [0.2, 0.25) is 0 Å². The Labute approximate surface area is 94.6 Å². The van der Waals surface area contributed by atoms with Gasteiger partial charge in [-0.05, 0) is 13.1 Å². The Kier molecular flexibility index (Phi) is 6.27. The lowest BCUT2D eigenvalue weighted by Gasteiger charge is -2.20. The summed E-state index contributed by atoms with van der Waals surface area (Å²) < 4.78 is 0. The van der Waals surface area contributed by atoms with Gasteiger partial charge >= 0.3 is 0 Å². The van der Waals surface area contributed by atoms with Crippen molar-refractivity contribution < 1.29 is 0 Å². The van der Waals surface area contributed by atoms with Crippen molar-refractivity contribution in [1.82, 2.24) is 15.6 Å². The van der Waals surface area contributed by atoms with Crippen LogP contribution in [0.2, 0.25) is 0 Å². The van der Waals surface area contributed by atoms with Gasteiger partial charge < -0.3 is 4.98 Å². The number of hydrogen-bond donors (Lipinski definition) is 3. The highest BCUT2D eigenvalue weighted by Gasteiger charge is 2.03. The molecule has 0 saturated heterocycles. The molecule has 0 aliphatic rings. The molecule has 84 valence electrons. The Morgan fingerprint density at radius 3 is 2.20 bits per heavy atom. The maximum absolute atomic E-state index is 3.55. The van der Waals surface area contributed by atoms with Crippen LogP contribution in [-0.4, -0.2) is 29.1 Å². The Hall–Kier alpha value is -0.683. The third-order valence-electron chi connectivity index (χ3n) is 2.17. The maximum Gasteiger partial charge on any atom is 0.127 e. The molecular weight excluding hydrogens is 202 g/mol. The summed E-state index contributed by atoms with van der Waals surface area (Å²) in [5, 5.41) is 8.18. The summed E-state index contributed by atoms with van der Waals surface area (Å²) in [6, 6.07) is 10.6. The Morgan fingerprint density at radius 1 is 1.07 bits per heavy atom. The van der Waals surface area contributed by atoms with Crippen LogP contribution in [0.4, 0.5) is 0 Å². The van der Waals surface area contributed by atoms with Gasteiger partial charge in [0.05, 0.1) is 0 Å². The SMILES string of the molecule is CCNC(NCC)N[SiH2]c1ccccc1. The highest BCUT2D eigenvalue weighted by Crippen LogP contribution is 1.80. The average molecular weight is 223 g/mol. The number of nitrogens with one attached hydrogen (secondary N) is 3. The zero-order valence-electron chi connectivity index (χ0n) is 9.59. The number of benzene rings is 1. The molecule has 0 atom stereocenters. The van der Waals surface area contributed by atoms with Crippen molar-refractivity contribution in [3.8, 4) is 0 Å². The van der Waals surface area contributed by atoms with Crippen LogP contribution in [0.3, 0.4) is 0 Å². The molecule has 15 heavy (non-hydrogen) atoms. The second-order valence-corrected chi connectivity index (χ2v) is 4.99. The quantitative estimate of drug-likeness (QED) is 0.430. The van der Waals surface area contributed by atoms with E-state index in [-0.39, 0.29) is 16.0 Å². The molecule has 0 aromatic heterocycles. The van der Waals surface area contributed by atoms with Crippen LogP contribution in [0.25, 0.3) is 0 Å². The predicted octanol–water partition coefficient (Wildman–Crippen LogP) is -0.512. The molecule has 3 nitrogen and oxygen atoms in total. The monoisotopic (exact) mass is 223 g/mol. The highest BCUT2D eigenvalue weighted by atomic mass is 28.2. The van der Waals surface area contributed by atoms with Gasteiger partial charge in [0.1, 0.15) is 16.0 Å². The van der Waals surface area contributed by atoms with Gasteiger partial charge in [-0.1, -0.05) is 49.4 Å². The summed E-state index contributed by atoms with van der Waals surface area (Å²) in [6.07, 6.45) is 0.256. The first kappa shape index (κ1) is 12.4. The molecule has 0 heterocycles. The molecule has 1 aromatic carbocycles. The van der Waals surface area contributed by atoms with Crippen molar-refractivity contribution in [1.29, 1.82) is 0 Å². The van der Waals surface area contributed by atoms with Crippen LogP contribution < -0.4 is 20.8 Å². The summed E-state index contributed by atoms with van der Waals surface area (Å²) in [4.78, 5) is 3.55. The lowest BCUT2D eigenvalue weighted by atomic mass is 10.4. The molecule has 0 fully saturated rings. The lowest BCUT2D eigenvalue weighted by molar-refractivity contribution is 0.427. The third kappa shape index (κ3) is 5.08. The van der Waals surface area contributed by atoms with Gasteiger partial charge in [-0.2, -0.15) is 0 Å². The summed E-state index contributed by atoms with van der Waals surface area (Å²) >= 11 is 0. The number of rotatable bonds is 7. The normalized spacial score (nSPS) is 11.7. The summed E-state index contributed by atoms with van der Waals surface area (Å²) in [5.74, 6) is 0. The zero-order valence-corrected chi connectivity index (χ0v) is 11.0. The van der Waals surface area contributed by atoms with Crippen molar-refractivity contribution in [3.05, 3.63) is 30.3 Å². The molecule has 0 aliphatic heterocycles. The van der Waals surface area contributed by atoms with Crippen molar-refractivity contribution in [2.24, 2.45) is 0 Å². The largest absolute Gasteiger partial charge is 0.312 e. The fraction of sp³-hybridized carbons (Fsp3) is 0.455. The molecule has 0 saturated carbocycles. The van der Waals surface area contributed by atoms with Crippen LogP contribution in [0.1, 0.15) is 13.8 Å². The Morgan fingerprint density at radius 2 is 1.67 bits per heavy atom. The van der Waals surface area contributed by atoms with Gasteiger partial charge in [0.15, 0.2) is 0 Å². The Balaban J connectivity index is 2.33. The van der Waals surface area contributed by atoms with Gasteiger partial charge in [0.25, 0.3) is 0 Å². The van der Waals surface area contributed by atoms with Crippen LogP contribution >= 0.6 is 0 Å². The van der Waals surface area contributed by atoms with Gasteiger partial charge in [-0.25, -0.2) is 0 Å². The molecule has 0 aliphatic carbocycles. The van der Waals surface area contributed by atoms with E-state index in [1.807, 2.05) is 0 Å². The first-order valence-electron chi connectivity index (χ1n) is 5.61. The topological polar surface area (TPSA) is 36.1 Å². The lowest BCUT2D eigenvalue weighted by Crippen LogP contribution is -2.55. The number of hydrogen-bond acceptors (Lipinski definition) is 3. The Bertz CT molecular complexity index is 247. The molecule has 1 aromatic rings.